The van der Waals surface area contributed by atoms with Gasteiger partial charge in [0, 0.05) is 22.9 Å². The zero-order valence-electron chi connectivity index (χ0n) is 21.1. The van der Waals surface area contributed by atoms with E-state index in [0.29, 0.717) is 10.8 Å². The third kappa shape index (κ3) is 3.39. The lowest BCUT2D eigenvalue weighted by Gasteiger charge is -2.24. The number of nitro benzene ring substituents is 2. The van der Waals surface area contributed by atoms with E-state index < -0.39 is 0 Å². The average molecular weight is 461 g/mol. The van der Waals surface area contributed by atoms with Gasteiger partial charge in [-0.2, -0.15) is 0 Å². The highest BCUT2D eigenvalue weighted by atomic mass is 16.6. The van der Waals surface area contributed by atoms with Crippen LogP contribution in [-0.2, 0) is 0 Å². The molecule has 0 atom stereocenters. The fourth-order valence-electron chi connectivity index (χ4n) is 5.44. The van der Waals surface area contributed by atoms with Gasteiger partial charge in [0.1, 0.15) is 0 Å². The zero-order valence-corrected chi connectivity index (χ0v) is 21.1. The fourth-order valence-corrected chi connectivity index (χ4v) is 5.44. The first-order valence-corrected chi connectivity index (χ1v) is 12.0. The van der Waals surface area contributed by atoms with Crippen molar-refractivity contribution < 1.29 is 9.85 Å². The zero-order chi connectivity index (χ0) is 25.2. The maximum absolute atomic E-state index is 12.4. The molecule has 0 aromatic heterocycles. The Kier molecular flexibility index (Phi) is 5.75. The van der Waals surface area contributed by atoms with Gasteiger partial charge in [-0.05, 0) is 56.7 Å². The van der Waals surface area contributed by atoms with Crippen molar-refractivity contribution in [2.75, 3.05) is 0 Å². The van der Waals surface area contributed by atoms with Crippen LogP contribution in [-0.4, -0.2) is 9.85 Å². The third-order valence-electron chi connectivity index (χ3n) is 7.07. The molecule has 0 spiro atoms. The van der Waals surface area contributed by atoms with Gasteiger partial charge in [-0.1, -0.05) is 67.5 Å². The Labute approximate surface area is 199 Å². The molecule has 4 rings (SSSR count). The van der Waals surface area contributed by atoms with E-state index in [4.69, 9.17) is 0 Å². The van der Waals surface area contributed by atoms with Crippen molar-refractivity contribution in [2.24, 2.45) is 0 Å². The van der Waals surface area contributed by atoms with Crippen molar-refractivity contribution in [1.82, 2.24) is 0 Å². The van der Waals surface area contributed by atoms with E-state index >= 15 is 0 Å². The Balaban J connectivity index is 2.52. The number of hydrogen-bond donors (Lipinski definition) is 0. The quantitative estimate of drug-likeness (QED) is 0.163. The van der Waals surface area contributed by atoms with Crippen LogP contribution in [0, 0.1) is 20.2 Å². The van der Waals surface area contributed by atoms with Crippen molar-refractivity contribution in [1.29, 1.82) is 0 Å². The number of benzene rings is 4. The van der Waals surface area contributed by atoms with Gasteiger partial charge in [-0.25, -0.2) is 0 Å². The molecular weight excluding hydrogens is 428 g/mol. The SMILES string of the molecule is CC(C)c1cc(C(C)C)c2c([N+](=O)[O-])cc3c(C(C)C)cc(C(C)C)c4c([N+](=O)[O-])cc1c2c34. The van der Waals surface area contributed by atoms with E-state index in [9.17, 15) is 20.2 Å². The average Bonchev–Trinajstić information content (AvgIpc) is 2.74. The molecule has 0 radical (unpaired) electrons. The van der Waals surface area contributed by atoms with Gasteiger partial charge in [0.2, 0.25) is 0 Å². The second kappa shape index (κ2) is 8.19. The smallest absolute Gasteiger partial charge is 0.258 e. The summed E-state index contributed by atoms with van der Waals surface area (Å²) >= 11 is 0. The second-order valence-electron chi connectivity index (χ2n) is 10.6. The first kappa shape index (κ1) is 23.9. The van der Waals surface area contributed by atoms with Gasteiger partial charge >= 0.3 is 0 Å². The van der Waals surface area contributed by atoms with E-state index in [1.807, 2.05) is 39.8 Å². The van der Waals surface area contributed by atoms with Crippen molar-refractivity contribution in [3.63, 3.8) is 0 Å². The molecule has 0 bridgehead atoms. The normalized spacial score (nSPS) is 12.5. The predicted molar refractivity (Wildman–Crippen MR) is 140 cm³/mol. The maximum Gasteiger partial charge on any atom is 0.278 e. The van der Waals surface area contributed by atoms with Crippen LogP contribution in [0.3, 0.4) is 0 Å². The van der Waals surface area contributed by atoms with Crippen molar-refractivity contribution in [3.05, 3.63) is 66.7 Å². The summed E-state index contributed by atoms with van der Waals surface area (Å²) < 4.78 is 0. The minimum Gasteiger partial charge on any atom is -0.258 e. The lowest BCUT2D eigenvalue weighted by Crippen LogP contribution is -2.06. The minimum atomic E-state index is -0.299. The lowest BCUT2D eigenvalue weighted by atomic mass is 9.79. The molecule has 4 aromatic rings. The summed E-state index contributed by atoms with van der Waals surface area (Å²) in [4.78, 5) is 24.2. The fraction of sp³-hybridized carbons (Fsp3) is 0.429. The summed E-state index contributed by atoms with van der Waals surface area (Å²) in [6.45, 7) is 16.4. The van der Waals surface area contributed by atoms with E-state index in [-0.39, 0.29) is 44.9 Å². The summed E-state index contributed by atoms with van der Waals surface area (Å²) in [5.41, 5.74) is 3.96. The van der Waals surface area contributed by atoms with E-state index in [1.165, 1.54) is 0 Å². The first-order valence-electron chi connectivity index (χ1n) is 12.0. The molecule has 0 N–H and O–H groups in total. The summed E-state index contributed by atoms with van der Waals surface area (Å²) in [5, 5.41) is 29.1. The van der Waals surface area contributed by atoms with Crippen LogP contribution in [0.4, 0.5) is 11.4 Å². The summed E-state index contributed by atoms with van der Waals surface area (Å²) in [5.74, 6) is 0.333. The Bertz CT molecular complexity index is 1350. The Morgan fingerprint density at radius 1 is 0.500 bits per heavy atom. The first-order chi connectivity index (χ1) is 15.9. The van der Waals surface area contributed by atoms with Gasteiger partial charge in [0.25, 0.3) is 11.4 Å². The summed E-state index contributed by atoms with van der Waals surface area (Å²) in [7, 11) is 0. The monoisotopic (exact) mass is 460 g/mol. The van der Waals surface area contributed by atoms with Crippen LogP contribution in [0.25, 0.3) is 32.3 Å². The van der Waals surface area contributed by atoms with E-state index in [1.54, 1.807) is 12.1 Å². The highest BCUT2D eigenvalue weighted by Crippen LogP contribution is 2.51. The third-order valence-corrected chi connectivity index (χ3v) is 7.07. The molecule has 178 valence electrons. The molecule has 0 aliphatic heterocycles. The van der Waals surface area contributed by atoms with Gasteiger partial charge < -0.3 is 0 Å². The molecule has 0 fully saturated rings. The topological polar surface area (TPSA) is 86.3 Å². The molecule has 0 aliphatic rings. The van der Waals surface area contributed by atoms with Gasteiger partial charge in [0.15, 0.2) is 0 Å². The second-order valence-corrected chi connectivity index (χ2v) is 10.6. The number of nitrogens with zero attached hydrogens (tertiary/aromatic N) is 2. The molecule has 0 aliphatic carbocycles. The largest absolute Gasteiger partial charge is 0.278 e. The molecule has 6 nitrogen and oxygen atoms in total. The molecule has 6 heteroatoms. The van der Waals surface area contributed by atoms with Crippen molar-refractivity contribution in [3.8, 4) is 0 Å². The van der Waals surface area contributed by atoms with Crippen LogP contribution in [0.5, 0.6) is 0 Å². The molecule has 0 heterocycles. The maximum atomic E-state index is 12.4. The number of nitro groups is 2. The number of rotatable bonds is 6. The Hall–Kier alpha value is -3.28. The van der Waals surface area contributed by atoms with Crippen molar-refractivity contribution in [2.45, 2.75) is 79.1 Å². The molecular formula is C28H32N2O4. The Morgan fingerprint density at radius 3 is 1.03 bits per heavy atom. The van der Waals surface area contributed by atoms with E-state index in [2.05, 4.69) is 27.7 Å². The Morgan fingerprint density at radius 2 is 0.794 bits per heavy atom. The highest BCUT2D eigenvalue weighted by Gasteiger charge is 2.31. The molecule has 4 aromatic carbocycles. The molecule has 0 saturated heterocycles. The summed E-state index contributed by atoms with van der Waals surface area (Å²) in [6.07, 6.45) is 0. The molecule has 34 heavy (non-hydrogen) atoms. The number of non-ortho nitro benzene ring substituents is 2. The predicted octanol–water partition coefficient (Wildman–Crippen LogP) is 8.89. The van der Waals surface area contributed by atoms with E-state index in [0.717, 1.165) is 43.8 Å². The van der Waals surface area contributed by atoms with Gasteiger partial charge in [-0.3, -0.25) is 20.2 Å². The molecule has 0 unspecified atom stereocenters. The number of hydrogen-bond acceptors (Lipinski definition) is 4. The van der Waals surface area contributed by atoms with Crippen LogP contribution in [0.1, 0.15) is 101 Å². The lowest BCUT2D eigenvalue weighted by molar-refractivity contribution is -0.383. The minimum absolute atomic E-state index is 0.0601. The molecule has 0 saturated carbocycles. The van der Waals surface area contributed by atoms with Crippen molar-refractivity contribution >= 4 is 43.7 Å². The summed E-state index contributed by atoms with van der Waals surface area (Å²) in [6, 6.07) is 7.38. The van der Waals surface area contributed by atoms with Crippen LogP contribution in [0.2, 0.25) is 0 Å². The standard InChI is InChI=1S/C28H32N2O4/c1-13(2)17-9-19(15(5)6)25-24(30(33)34)12-22-18(14(3)4)10-20(16(7)8)26-23(29(31)32)11-21(17)27(25)28(22)26/h9-16H,1-8H3. The van der Waals surface area contributed by atoms with Crippen LogP contribution < -0.4 is 0 Å². The van der Waals surface area contributed by atoms with Gasteiger partial charge in [-0.15, -0.1) is 0 Å². The van der Waals surface area contributed by atoms with Crippen LogP contribution in [0.15, 0.2) is 24.3 Å². The molecule has 0 amide bonds. The highest BCUT2D eigenvalue weighted by molar-refractivity contribution is 6.30. The van der Waals surface area contributed by atoms with Crippen LogP contribution >= 0.6 is 0 Å². The van der Waals surface area contributed by atoms with Gasteiger partial charge in [0.05, 0.1) is 20.6 Å².